The number of ether oxygens (including phenoxy) is 2. The highest BCUT2D eigenvalue weighted by atomic mass is 19.4. The summed E-state index contributed by atoms with van der Waals surface area (Å²) in [5.74, 6) is -0.572. The van der Waals surface area contributed by atoms with Gasteiger partial charge in [-0.3, -0.25) is 14.9 Å². The minimum Gasteiger partial charge on any atom is -0.491 e. The van der Waals surface area contributed by atoms with Gasteiger partial charge >= 0.3 is 6.18 Å². The molecule has 1 amide bonds. The molecule has 1 heterocycles. The first-order chi connectivity index (χ1) is 14.7. The first-order valence-electron chi connectivity index (χ1n) is 9.66. The Balaban J connectivity index is 1.80. The lowest BCUT2D eigenvalue weighted by Crippen LogP contribution is -2.38. The minimum absolute atomic E-state index is 0.00678. The fourth-order valence-electron chi connectivity index (χ4n) is 3.31. The molecule has 0 spiro atoms. The number of rotatable bonds is 8. The fourth-order valence-corrected chi connectivity index (χ4v) is 3.31. The molecule has 2 aromatic rings. The molecule has 1 fully saturated rings. The summed E-state index contributed by atoms with van der Waals surface area (Å²) < 4.78 is 50.5. The number of benzene rings is 2. The van der Waals surface area contributed by atoms with Crippen molar-refractivity contribution >= 4 is 11.6 Å². The van der Waals surface area contributed by atoms with Gasteiger partial charge < -0.3 is 14.4 Å². The Bertz CT molecular complexity index is 929. The minimum atomic E-state index is -4.67. The third kappa shape index (κ3) is 6.42. The summed E-state index contributed by atoms with van der Waals surface area (Å²) >= 11 is 0. The van der Waals surface area contributed by atoms with E-state index in [4.69, 9.17) is 9.47 Å². The van der Waals surface area contributed by atoms with Crippen LogP contribution in [0.2, 0.25) is 0 Å². The lowest BCUT2D eigenvalue weighted by molar-refractivity contribution is -0.385. The molecule has 7 nitrogen and oxygen atoms in total. The van der Waals surface area contributed by atoms with E-state index >= 15 is 0 Å². The van der Waals surface area contributed by atoms with Gasteiger partial charge in [0.15, 0.2) is 0 Å². The van der Waals surface area contributed by atoms with Gasteiger partial charge in [-0.05, 0) is 31.0 Å². The van der Waals surface area contributed by atoms with Gasteiger partial charge in [0.2, 0.25) is 0 Å². The van der Waals surface area contributed by atoms with Gasteiger partial charge in [0.05, 0.1) is 17.6 Å². The maximum Gasteiger partial charge on any atom is 0.406 e. The zero-order chi connectivity index (χ0) is 22.4. The average Bonchev–Trinajstić information content (AvgIpc) is 3.24. The average molecular weight is 438 g/mol. The highest BCUT2D eigenvalue weighted by Crippen LogP contribution is 2.25. The summed E-state index contributed by atoms with van der Waals surface area (Å²) in [7, 11) is 0. The monoisotopic (exact) mass is 438 g/mol. The van der Waals surface area contributed by atoms with Gasteiger partial charge in [-0.2, -0.15) is 13.2 Å². The largest absolute Gasteiger partial charge is 0.491 e. The van der Waals surface area contributed by atoms with Gasteiger partial charge in [-0.15, -0.1) is 0 Å². The predicted molar refractivity (Wildman–Crippen MR) is 105 cm³/mol. The van der Waals surface area contributed by atoms with Crippen LogP contribution in [0.25, 0.3) is 0 Å². The van der Waals surface area contributed by atoms with Crippen LogP contribution in [0, 0.1) is 10.1 Å². The molecule has 1 atom stereocenters. The quantitative estimate of drug-likeness (QED) is 0.452. The van der Waals surface area contributed by atoms with Gasteiger partial charge in [0.25, 0.3) is 11.6 Å². The highest BCUT2D eigenvalue weighted by Gasteiger charge is 2.34. The molecule has 0 N–H and O–H groups in total. The standard InChI is InChI=1S/C21H21F3N2O5/c22-21(23,24)14-25(12-16-5-1-2-9-19(16)26(28)29)20(27)15-6-3-7-17(11-15)31-13-18-8-4-10-30-18/h1-3,5-7,9,11,18H,4,8,10,12-14H2. The van der Waals surface area contributed by atoms with Crippen LogP contribution in [0.5, 0.6) is 5.75 Å². The second-order valence-corrected chi connectivity index (χ2v) is 7.14. The normalized spacial score (nSPS) is 16.2. The Morgan fingerprint density at radius 3 is 2.68 bits per heavy atom. The number of nitrogens with zero attached hydrogens (tertiary/aromatic N) is 2. The van der Waals surface area contributed by atoms with E-state index in [-0.39, 0.29) is 29.5 Å². The zero-order valence-electron chi connectivity index (χ0n) is 16.5. The second kappa shape index (κ2) is 9.78. The highest BCUT2D eigenvalue weighted by molar-refractivity contribution is 5.94. The third-order valence-electron chi connectivity index (χ3n) is 4.75. The number of alkyl halides is 3. The molecule has 0 bridgehead atoms. The SMILES string of the molecule is O=C(c1cccc(OCC2CCCO2)c1)N(Cc1ccccc1[N+](=O)[O-])CC(F)(F)F. The smallest absolute Gasteiger partial charge is 0.406 e. The first kappa shape index (κ1) is 22.5. The van der Waals surface area contributed by atoms with Gasteiger partial charge in [-0.1, -0.05) is 24.3 Å². The van der Waals surface area contributed by atoms with E-state index in [1.807, 2.05) is 0 Å². The van der Waals surface area contributed by atoms with Gasteiger partial charge in [-0.25, -0.2) is 0 Å². The van der Waals surface area contributed by atoms with Crippen LogP contribution >= 0.6 is 0 Å². The summed E-state index contributed by atoms with van der Waals surface area (Å²) in [6.07, 6.45) is -2.94. The van der Waals surface area contributed by atoms with Crippen molar-refractivity contribution < 1.29 is 32.4 Å². The van der Waals surface area contributed by atoms with Crippen molar-refractivity contribution in [2.75, 3.05) is 19.8 Å². The number of carbonyl (C=O) groups excluding carboxylic acids is 1. The number of para-hydroxylation sites is 1. The maximum atomic E-state index is 13.2. The van der Waals surface area contributed by atoms with Crippen molar-refractivity contribution in [2.45, 2.75) is 31.7 Å². The molecule has 1 unspecified atom stereocenters. The van der Waals surface area contributed by atoms with E-state index in [9.17, 15) is 28.1 Å². The van der Waals surface area contributed by atoms with Crippen molar-refractivity contribution in [2.24, 2.45) is 0 Å². The van der Waals surface area contributed by atoms with E-state index in [0.29, 0.717) is 17.3 Å². The number of carbonyl (C=O) groups is 1. The van der Waals surface area contributed by atoms with E-state index in [1.165, 1.54) is 42.5 Å². The molecule has 2 aromatic carbocycles. The van der Waals surface area contributed by atoms with Gasteiger partial charge in [0.1, 0.15) is 18.9 Å². The molecule has 1 aliphatic rings. The summed E-state index contributed by atoms with van der Waals surface area (Å²) in [4.78, 5) is 24.0. The second-order valence-electron chi connectivity index (χ2n) is 7.14. The molecule has 0 aromatic heterocycles. The first-order valence-corrected chi connectivity index (χ1v) is 9.66. The van der Waals surface area contributed by atoms with Crippen LogP contribution in [0.3, 0.4) is 0 Å². The van der Waals surface area contributed by atoms with Crippen LogP contribution in [0.4, 0.5) is 18.9 Å². The Kier molecular flexibility index (Phi) is 7.11. The molecule has 1 aliphatic heterocycles. The molecule has 166 valence electrons. The molecular weight excluding hydrogens is 417 g/mol. The fraction of sp³-hybridized carbons (Fsp3) is 0.381. The number of halogens is 3. The lowest BCUT2D eigenvalue weighted by Gasteiger charge is -2.24. The summed E-state index contributed by atoms with van der Waals surface area (Å²) in [6.45, 7) is -1.17. The van der Waals surface area contributed by atoms with Crippen LogP contribution in [0.15, 0.2) is 48.5 Å². The molecule has 0 saturated carbocycles. The van der Waals surface area contributed by atoms with Crippen molar-refractivity contribution in [3.8, 4) is 5.75 Å². The van der Waals surface area contributed by atoms with Crippen molar-refractivity contribution in [3.05, 3.63) is 69.8 Å². The molecule has 1 saturated heterocycles. The lowest BCUT2D eigenvalue weighted by atomic mass is 10.1. The molecular formula is C21H21F3N2O5. The third-order valence-corrected chi connectivity index (χ3v) is 4.75. The summed E-state index contributed by atoms with van der Waals surface area (Å²) in [6, 6.07) is 11.2. The molecule has 0 radical (unpaired) electrons. The molecule has 31 heavy (non-hydrogen) atoms. The number of hydrogen-bond donors (Lipinski definition) is 0. The summed E-state index contributed by atoms with van der Waals surface area (Å²) in [5.41, 5.74) is -0.348. The van der Waals surface area contributed by atoms with Crippen LogP contribution in [-0.2, 0) is 11.3 Å². The zero-order valence-corrected chi connectivity index (χ0v) is 16.5. The van der Waals surface area contributed by atoms with Crippen molar-refractivity contribution in [1.82, 2.24) is 4.90 Å². The number of nitro benzene ring substituents is 1. The van der Waals surface area contributed by atoms with E-state index in [1.54, 1.807) is 6.07 Å². The Morgan fingerprint density at radius 2 is 2.00 bits per heavy atom. The van der Waals surface area contributed by atoms with Crippen molar-refractivity contribution in [3.63, 3.8) is 0 Å². The van der Waals surface area contributed by atoms with Crippen molar-refractivity contribution in [1.29, 1.82) is 0 Å². The number of amides is 1. The maximum absolute atomic E-state index is 13.2. The van der Waals surface area contributed by atoms with Crippen LogP contribution < -0.4 is 4.74 Å². The van der Waals surface area contributed by atoms with Crippen LogP contribution in [-0.4, -0.2) is 47.8 Å². The molecule has 3 rings (SSSR count). The van der Waals surface area contributed by atoms with Gasteiger partial charge in [0, 0.05) is 23.8 Å². The van der Waals surface area contributed by atoms with E-state index < -0.39 is 30.1 Å². The topological polar surface area (TPSA) is 81.9 Å². The summed E-state index contributed by atoms with van der Waals surface area (Å²) in [5, 5.41) is 11.2. The Morgan fingerprint density at radius 1 is 1.23 bits per heavy atom. The molecule has 10 heteroatoms. The van der Waals surface area contributed by atoms with Crippen LogP contribution in [0.1, 0.15) is 28.8 Å². The Labute approximate surface area is 176 Å². The Hall–Kier alpha value is -3.14. The molecule has 0 aliphatic carbocycles. The predicted octanol–water partition coefficient (Wildman–Crippen LogP) is 4.36. The van der Waals surface area contributed by atoms with E-state index in [2.05, 4.69) is 0 Å². The van der Waals surface area contributed by atoms with E-state index in [0.717, 1.165) is 12.8 Å². The number of hydrogen-bond acceptors (Lipinski definition) is 5. The number of nitro groups is 1.